The third-order valence-electron chi connectivity index (χ3n) is 3.77. The Bertz CT molecular complexity index is 862. The predicted octanol–water partition coefficient (Wildman–Crippen LogP) is 2.47. The van der Waals surface area contributed by atoms with E-state index in [-0.39, 0.29) is 11.5 Å². The number of carbonyl (C=O) groups is 1. The Morgan fingerprint density at radius 3 is 2.70 bits per heavy atom. The number of halogens is 2. The highest BCUT2D eigenvalue weighted by molar-refractivity contribution is 7.90. The molecule has 1 saturated carbocycles. The molecule has 3 rings (SSSR count). The van der Waals surface area contributed by atoms with Crippen LogP contribution < -0.4 is 4.72 Å². The van der Waals surface area contributed by atoms with Gasteiger partial charge in [0.25, 0.3) is 10.0 Å². The first-order valence-electron chi connectivity index (χ1n) is 6.85. The van der Waals surface area contributed by atoms with Gasteiger partial charge in [0.1, 0.15) is 22.3 Å². The lowest BCUT2D eigenvalue weighted by Gasteiger charge is -2.08. The van der Waals surface area contributed by atoms with Crippen LogP contribution in [0.25, 0.3) is 0 Å². The van der Waals surface area contributed by atoms with Gasteiger partial charge in [0.05, 0.1) is 6.26 Å². The summed E-state index contributed by atoms with van der Waals surface area (Å²) < 4.78 is 58.4. The average Bonchev–Trinajstić information content (AvgIpc) is 3.09. The Morgan fingerprint density at radius 2 is 2.04 bits per heavy atom. The Balaban J connectivity index is 1.77. The smallest absolute Gasteiger partial charge is 0.267 e. The minimum absolute atomic E-state index is 0.0205. The van der Waals surface area contributed by atoms with Gasteiger partial charge in [-0.25, -0.2) is 21.9 Å². The van der Waals surface area contributed by atoms with E-state index in [2.05, 4.69) is 0 Å². The van der Waals surface area contributed by atoms with Crippen LogP contribution in [0.5, 0.6) is 0 Å². The van der Waals surface area contributed by atoms with E-state index in [1.165, 1.54) is 13.2 Å². The number of furan rings is 1. The van der Waals surface area contributed by atoms with Crippen LogP contribution in [0.4, 0.5) is 8.78 Å². The molecule has 1 heterocycles. The van der Waals surface area contributed by atoms with E-state index >= 15 is 0 Å². The van der Waals surface area contributed by atoms with E-state index < -0.39 is 38.4 Å². The minimum atomic E-state index is -4.47. The van der Waals surface area contributed by atoms with Crippen molar-refractivity contribution in [1.29, 1.82) is 0 Å². The molecule has 1 fully saturated rings. The molecule has 0 saturated heterocycles. The second kappa shape index (κ2) is 5.45. The number of carbonyl (C=O) groups excluding carboxylic acids is 1. The topological polar surface area (TPSA) is 76.4 Å². The summed E-state index contributed by atoms with van der Waals surface area (Å²) in [5.74, 6) is -2.89. The predicted molar refractivity (Wildman–Crippen MR) is 76.0 cm³/mol. The van der Waals surface area contributed by atoms with Crippen LogP contribution in [0.15, 0.2) is 39.8 Å². The molecule has 1 aromatic carbocycles. The van der Waals surface area contributed by atoms with Crippen LogP contribution in [0, 0.1) is 24.5 Å². The maximum absolute atomic E-state index is 13.8. The normalized spacial score (nSPS) is 20.3. The second-order valence-corrected chi connectivity index (χ2v) is 7.12. The van der Waals surface area contributed by atoms with Crippen LogP contribution in [0.2, 0.25) is 0 Å². The molecule has 23 heavy (non-hydrogen) atoms. The maximum atomic E-state index is 13.8. The standard InChI is InChI=1S/C15H13F2NO4S/c1-8-5-12(17)14(7-11(8)16)23(20,21)18-15(19)10-6-9(10)13-3-2-4-22-13/h2-5,7,9-10H,6H2,1H3,(H,18,19)/t9-,10+/m1/s1. The van der Waals surface area contributed by atoms with Crippen LogP contribution in [0.1, 0.15) is 23.7 Å². The van der Waals surface area contributed by atoms with Gasteiger partial charge >= 0.3 is 0 Å². The Kier molecular flexibility index (Phi) is 3.71. The van der Waals surface area contributed by atoms with Crippen molar-refractivity contribution >= 4 is 15.9 Å². The highest BCUT2D eigenvalue weighted by Crippen LogP contribution is 2.47. The van der Waals surface area contributed by atoms with Gasteiger partial charge in [-0.1, -0.05) is 0 Å². The Morgan fingerprint density at radius 1 is 1.30 bits per heavy atom. The number of sulfonamides is 1. The van der Waals surface area contributed by atoms with Crippen LogP contribution in [-0.2, 0) is 14.8 Å². The van der Waals surface area contributed by atoms with Crippen molar-refractivity contribution in [2.45, 2.75) is 24.2 Å². The SMILES string of the molecule is Cc1cc(F)c(S(=O)(=O)NC(=O)[C@H]2C[C@H]2c2ccco2)cc1F. The first-order valence-corrected chi connectivity index (χ1v) is 8.33. The van der Waals surface area contributed by atoms with Crippen LogP contribution in [0.3, 0.4) is 0 Å². The minimum Gasteiger partial charge on any atom is -0.469 e. The van der Waals surface area contributed by atoms with Crippen molar-refractivity contribution < 1.29 is 26.4 Å². The lowest BCUT2D eigenvalue weighted by Crippen LogP contribution is -2.32. The van der Waals surface area contributed by atoms with Gasteiger partial charge in [0.15, 0.2) is 0 Å². The van der Waals surface area contributed by atoms with Crippen LogP contribution in [-0.4, -0.2) is 14.3 Å². The van der Waals surface area contributed by atoms with Gasteiger partial charge in [0.2, 0.25) is 5.91 Å². The number of nitrogens with one attached hydrogen (secondary N) is 1. The van der Waals surface area contributed by atoms with Crippen molar-refractivity contribution in [3.05, 3.63) is 53.5 Å². The van der Waals surface area contributed by atoms with Crippen molar-refractivity contribution in [1.82, 2.24) is 4.72 Å². The van der Waals surface area contributed by atoms with E-state index in [0.29, 0.717) is 18.2 Å². The summed E-state index contributed by atoms with van der Waals surface area (Å²) in [7, 11) is -4.47. The van der Waals surface area contributed by atoms with Crippen molar-refractivity contribution in [3.8, 4) is 0 Å². The van der Waals surface area contributed by atoms with Gasteiger partial charge < -0.3 is 4.42 Å². The summed E-state index contributed by atoms with van der Waals surface area (Å²) in [5, 5.41) is 0. The number of amides is 1. The molecule has 8 heteroatoms. The van der Waals surface area contributed by atoms with Crippen molar-refractivity contribution in [2.24, 2.45) is 5.92 Å². The summed E-state index contributed by atoms with van der Waals surface area (Å²) in [6, 6.07) is 4.71. The molecular formula is C15H13F2NO4S. The first-order chi connectivity index (χ1) is 10.8. The first kappa shape index (κ1) is 15.7. The molecule has 1 aromatic heterocycles. The number of benzene rings is 1. The molecule has 0 unspecified atom stereocenters. The van der Waals surface area contributed by atoms with E-state index in [0.717, 1.165) is 6.07 Å². The van der Waals surface area contributed by atoms with Crippen LogP contribution >= 0.6 is 0 Å². The van der Waals surface area contributed by atoms with E-state index in [9.17, 15) is 22.0 Å². The summed E-state index contributed by atoms with van der Waals surface area (Å²) in [4.78, 5) is 11.1. The Hall–Kier alpha value is -2.22. The summed E-state index contributed by atoms with van der Waals surface area (Å²) in [6.45, 7) is 1.31. The molecule has 0 aliphatic heterocycles. The fraction of sp³-hybridized carbons (Fsp3) is 0.267. The molecule has 2 atom stereocenters. The van der Waals surface area contributed by atoms with Gasteiger partial charge in [0, 0.05) is 11.8 Å². The van der Waals surface area contributed by atoms with Gasteiger partial charge in [-0.2, -0.15) is 0 Å². The highest BCUT2D eigenvalue weighted by atomic mass is 32.2. The quantitative estimate of drug-likeness (QED) is 0.927. The van der Waals surface area contributed by atoms with E-state index in [1.54, 1.807) is 16.9 Å². The fourth-order valence-electron chi connectivity index (χ4n) is 2.40. The summed E-state index contributed by atoms with van der Waals surface area (Å²) in [6.07, 6.45) is 1.91. The fourth-order valence-corrected chi connectivity index (χ4v) is 3.50. The monoisotopic (exact) mass is 341 g/mol. The lowest BCUT2D eigenvalue weighted by atomic mass is 10.2. The molecule has 1 aliphatic carbocycles. The zero-order valence-electron chi connectivity index (χ0n) is 12.0. The molecule has 0 radical (unpaired) electrons. The number of aryl methyl sites for hydroxylation is 1. The maximum Gasteiger partial charge on any atom is 0.267 e. The molecule has 2 aromatic rings. The van der Waals surface area contributed by atoms with Gasteiger partial charge in [-0.15, -0.1) is 0 Å². The van der Waals surface area contributed by atoms with Gasteiger partial charge in [-0.3, -0.25) is 4.79 Å². The second-order valence-electron chi connectivity index (χ2n) is 5.47. The van der Waals surface area contributed by atoms with E-state index in [4.69, 9.17) is 4.42 Å². The summed E-state index contributed by atoms with van der Waals surface area (Å²) in [5.41, 5.74) is -0.0205. The molecule has 1 aliphatic rings. The summed E-state index contributed by atoms with van der Waals surface area (Å²) >= 11 is 0. The lowest BCUT2D eigenvalue weighted by molar-refractivity contribution is -0.120. The number of rotatable bonds is 4. The Labute approximate surface area is 131 Å². The molecule has 0 bridgehead atoms. The molecule has 122 valence electrons. The number of hydrogen-bond acceptors (Lipinski definition) is 4. The highest BCUT2D eigenvalue weighted by Gasteiger charge is 2.47. The molecule has 5 nitrogen and oxygen atoms in total. The average molecular weight is 341 g/mol. The largest absolute Gasteiger partial charge is 0.469 e. The molecule has 0 spiro atoms. The third kappa shape index (κ3) is 2.98. The molecular weight excluding hydrogens is 328 g/mol. The third-order valence-corrected chi connectivity index (χ3v) is 5.14. The van der Waals surface area contributed by atoms with Crippen molar-refractivity contribution in [2.75, 3.05) is 0 Å². The molecule has 1 amide bonds. The van der Waals surface area contributed by atoms with E-state index in [1.807, 2.05) is 0 Å². The zero-order chi connectivity index (χ0) is 16.8. The number of hydrogen-bond donors (Lipinski definition) is 1. The van der Waals surface area contributed by atoms with Crippen molar-refractivity contribution in [3.63, 3.8) is 0 Å². The van der Waals surface area contributed by atoms with Gasteiger partial charge in [-0.05, 0) is 43.2 Å². The molecule has 1 N–H and O–H groups in total. The zero-order valence-corrected chi connectivity index (χ0v) is 12.9.